The molecule has 196 valence electrons. The number of hydrogen-bond acceptors (Lipinski definition) is 4. The molecule has 0 aliphatic carbocycles. The standard InChI is InChI=1S/C27H35ClF2N2O3Si/c1-27(2,3)36(4,5)35-24-15-32(22-9-6-18(28)14-21(22)30)13-12-17(24)16-34-23-10-8-20(29)26-19(23)7-11-25(33)31-26/h6,8-10,14,17,24H,7,11-13,15-16H2,1-5H3,(H,31,33). The summed E-state index contributed by atoms with van der Waals surface area (Å²) in [5.41, 5.74) is 1.42. The maximum Gasteiger partial charge on any atom is 0.224 e. The van der Waals surface area contributed by atoms with Crippen LogP contribution in [0.3, 0.4) is 0 Å². The Kier molecular flexibility index (Phi) is 7.69. The third-order valence-corrected chi connectivity index (χ3v) is 12.5. The van der Waals surface area contributed by atoms with Crippen molar-refractivity contribution in [3.63, 3.8) is 0 Å². The van der Waals surface area contributed by atoms with Crippen LogP contribution in [0.15, 0.2) is 30.3 Å². The van der Waals surface area contributed by atoms with Gasteiger partial charge >= 0.3 is 0 Å². The number of carbonyl (C=O) groups is 1. The van der Waals surface area contributed by atoms with Crippen LogP contribution < -0.4 is 15.0 Å². The highest BCUT2D eigenvalue weighted by Gasteiger charge is 2.42. The normalized spacial score (nSPS) is 20.7. The molecule has 1 amide bonds. The van der Waals surface area contributed by atoms with Crippen molar-refractivity contribution in [3.8, 4) is 5.75 Å². The first-order valence-electron chi connectivity index (χ1n) is 12.5. The number of nitrogens with zero attached hydrogens (tertiary/aromatic N) is 1. The van der Waals surface area contributed by atoms with Crippen LogP contribution in [0.1, 0.15) is 39.2 Å². The van der Waals surface area contributed by atoms with Crippen LogP contribution in [0.5, 0.6) is 5.75 Å². The summed E-state index contributed by atoms with van der Waals surface area (Å²) in [4.78, 5) is 13.8. The zero-order chi connectivity index (χ0) is 26.3. The quantitative estimate of drug-likeness (QED) is 0.412. The summed E-state index contributed by atoms with van der Waals surface area (Å²) >= 11 is 5.97. The number of piperidine rings is 1. The summed E-state index contributed by atoms with van der Waals surface area (Å²) in [6.07, 6.45) is 1.33. The van der Waals surface area contributed by atoms with Crippen molar-refractivity contribution in [1.29, 1.82) is 0 Å². The van der Waals surface area contributed by atoms with Crippen molar-refractivity contribution in [2.45, 2.75) is 64.3 Å². The highest BCUT2D eigenvalue weighted by atomic mass is 35.5. The topological polar surface area (TPSA) is 50.8 Å². The predicted octanol–water partition coefficient (Wildman–Crippen LogP) is 6.80. The van der Waals surface area contributed by atoms with Crippen molar-refractivity contribution >= 4 is 37.2 Å². The van der Waals surface area contributed by atoms with Crippen LogP contribution in [-0.2, 0) is 15.6 Å². The molecule has 2 heterocycles. The molecule has 1 fully saturated rings. The Bertz CT molecular complexity index is 1140. The average Bonchev–Trinajstić information content (AvgIpc) is 2.78. The van der Waals surface area contributed by atoms with Gasteiger partial charge in [0.2, 0.25) is 5.91 Å². The minimum Gasteiger partial charge on any atom is -0.493 e. The Morgan fingerprint density at radius 1 is 1.14 bits per heavy atom. The fraction of sp³-hybridized carbons (Fsp3) is 0.519. The van der Waals surface area contributed by atoms with Gasteiger partial charge in [0.25, 0.3) is 0 Å². The van der Waals surface area contributed by atoms with Crippen molar-refractivity contribution in [2.75, 3.05) is 29.9 Å². The predicted molar refractivity (Wildman–Crippen MR) is 143 cm³/mol. The Morgan fingerprint density at radius 3 is 2.58 bits per heavy atom. The second-order valence-corrected chi connectivity index (χ2v) is 16.5. The molecule has 1 saturated heterocycles. The molecule has 0 radical (unpaired) electrons. The minimum absolute atomic E-state index is 0.0143. The lowest BCUT2D eigenvalue weighted by molar-refractivity contribution is -0.116. The van der Waals surface area contributed by atoms with E-state index in [0.717, 1.165) is 6.42 Å². The lowest BCUT2D eigenvalue weighted by Crippen LogP contribution is -2.53. The van der Waals surface area contributed by atoms with Gasteiger partial charge in [0.05, 0.1) is 24.1 Å². The summed E-state index contributed by atoms with van der Waals surface area (Å²) in [6.45, 7) is 12.6. The highest BCUT2D eigenvalue weighted by Crippen LogP contribution is 2.40. The number of rotatable bonds is 6. The van der Waals surface area contributed by atoms with Gasteiger partial charge in [-0.3, -0.25) is 4.79 Å². The van der Waals surface area contributed by atoms with Crippen molar-refractivity contribution in [1.82, 2.24) is 0 Å². The first kappa shape index (κ1) is 26.9. The SMILES string of the molecule is CC(C)(C)[Si](C)(C)OC1CN(c2ccc(Cl)cc2F)CCC1COc1ccc(F)c2c1CCC(=O)N2. The molecule has 2 atom stereocenters. The van der Waals surface area contributed by atoms with E-state index in [9.17, 15) is 13.6 Å². The summed E-state index contributed by atoms with van der Waals surface area (Å²) in [5.74, 6) is -0.331. The molecule has 4 rings (SSSR count). The first-order chi connectivity index (χ1) is 16.9. The van der Waals surface area contributed by atoms with Gasteiger partial charge in [-0.1, -0.05) is 32.4 Å². The van der Waals surface area contributed by atoms with E-state index < -0.39 is 14.1 Å². The molecule has 2 aliphatic rings. The smallest absolute Gasteiger partial charge is 0.224 e. The molecule has 5 nitrogen and oxygen atoms in total. The zero-order valence-electron chi connectivity index (χ0n) is 21.6. The van der Waals surface area contributed by atoms with Crippen molar-refractivity contribution in [2.24, 2.45) is 5.92 Å². The van der Waals surface area contributed by atoms with Gasteiger partial charge < -0.3 is 19.4 Å². The molecule has 9 heteroatoms. The summed E-state index contributed by atoms with van der Waals surface area (Å²) in [7, 11) is -2.13. The molecule has 2 aliphatic heterocycles. The van der Waals surface area contributed by atoms with Crippen molar-refractivity contribution in [3.05, 3.63) is 52.6 Å². The number of benzene rings is 2. The van der Waals surface area contributed by atoms with Crippen LogP contribution >= 0.6 is 11.6 Å². The number of nitrogens with one attached hydrogen (secondary N) is 1. The molecule has 2 unspecified atom stereocenters. The minimum atomic E-state index is -2.13. The second-order valence-electron chi connectivity index (χ2n) is 11.3. The van der Waals surface area contributed by atoms with Gasteiger partial charge in [0.1, 0.15) is 17.4 Å². The molecule has 0 bridgehead atoms. The largest absolute Gasteiger partial charge is 0.493 e. The van der Waals surface area contributed by atoms with Crippen LogP contribution in [0, 0.1) is 17.6 Å². The van der Waals surface area contributed by atoms with Gasteiger partial charge in [0, 0.05) is 36.0 Å². The van der Waals surface area contributed by atoms with Crippen molar-refractivity contribution < 1.29 is 22.7 Å². The molecule has 1 N–H and O–H groups in total. The molecular formula is C27H35ClF2N2O3Si. The number of fused-ring (bicyclic) bond motifs is 1. The lowest BCUT2D eigenvalue weighted by atomic mass is 9.94. The molecule has 0 spiro atoms. The maximum atomic E-state index is 14.7. The number of amides is 1. The average molecular weight is 537 g/mol. The molecular weight excluding hydrogens is 502 g/mol. The molecule has 2 aromatic carbocycles. The van der Waals surface area contributed by atoms with Crippen LogP contribution in [0.4, 0.5) is 20.2 Å². The Morgan fingerprint density at radius 2 is 1.89 bits per heavy atom. The van der Waals surface area contributed by atoms with E-state index in [1.807, 2.05) is 4.90 Å². The third-order valence-electron chi connectivity index (χ3n) is 7.74. The first-order valence-corrected chi connectivity index (χ1v) is 15.8. The molecule has 0 saturated carbocycles. The van der Waals surface area contributed by atoms with Crippen LogP contribution in [-0.4, -0.2) is 40.0 Å². The highest BCUT2D eigenvalue weighted by molar-refractivity contribution is 6.74. The van der Waals surface area contributed by atoms with Gasteiger partial charge in [-0.15, -0.1) is 0 Å². The monoisotopic (exact) mass is 536 g/mol. The number of hydrogen-bond donors (Lipinski definition) is 1. The second kappa shape index (κ2) is 10.3. The van der Waals surface area contributed by atoms with E-state index in [2.05, 4.69) is 39.2 Å². The Labute approximate surface area is 218 Å². The van der Waals surface area contributed by atoms with E-state index in [4.69, 9.17) is 20.8 Å². The number of anilines is 2. The van der Waals surface area contributed by atoms with Crippen LogP contribution in [0.2, 0.25) is 23.2 Å². The van der Waals surface area contributed by atoms with Gasteiger partial charge in [-0.2, -0.15) is 0 Å². The summed E-state index contributed by atoms with van der Waals surface area (Å²) < 4.78 is 42.2. The van der Waals surface area contributed by atoms with Gasteiger partial charge in [0.15, 0.2) is 8.32 Å². The summed E-state index contributed by atoms with van der Waals surface area (Å²) in [5, 5.41) is 3.01. The van der Waals surface area contributed by atoms with Gasteiger partial charge in [-0.25, -0.2) is 8.78 Å². The van der Waals surface area contributed by atoms with E-state index in [1.54, 1.807) is 18.2 Å². The van der Waals surface area contributed by atoms with Crippen LogP contribution in [0.25, 0.3) is 0 Å². The number of halogens is 3. The van der Waals surface area contributed by atoms with E-state index >= 15 is 0 Å². The number of carbonyl (C=O) groups excluding carboxylic acids is 1. The molecule has 2 aromatic rings. The van der Waals surface area contributed by atoms with E-state index in [1.165, 1.54) is 12.1 Å². The third kappa shape index (κ3) is 5.71. The fourth-order valence-corrected chi connectivity index (χ4v) is 6.09. The fourth-order valence-electron chi connectivity index (χ4n) is 4.56. The zero-order valence-corrected chi connectivity index (χ0v) is 23.3. The lowest BCUT2D eigenvalue weighted by Gasteiger charge is -2.46. The molecule has 36 heavy (non-hydrogen) atoms. The Hall–Kier alpha value is -2.16. The van der Waals surface area contributed by atoms with E-state index in [0.29, 0.717) is 54.6 Å². The van der Waals surface area contributed by atoms with Gasteiger partial charge in [-0.05, 0) is 61.3 Å². The maximum absolute atomic E-state index is 14.7. The number of ether oxygens (including phenoxy) is 1. The Balaban J connectivity index is 1.55. The molecule has 0 aromatic heterocycles. The summed E-state index contributed by atoms with van der Waals surface area (Å²) in [6, 6.07) is 7.72. The van der Waals surface area contributed by atoms with E-state index in [-0.39, 0.29) is 34.5 Å².